The second-order valence-electron chi connectivity index (χ2n) is 4.13. The molecular weight excluding hydrogens is 244 g/mol. The Morgan fingerprint density at radius 1 is 1.37 bits per heavy atom. The Morgan fingerprint density at radius 2 is 2.05 bits per heavy atom. The van der Waals surface area contributed by atoms with E-state index in [4.69, 9.17) is 10.5 Å². The van der Waals surface area contributed by atoms with E-state index in [0.29, 0.717) is 5.82 Å². The zero-order chi connectivity index (χ0) is 13.8. The molecule has 0 radical (unpaired) electrons. The van der Waals surface area contributed by atoms with E-state index in [-0.39, 0.29) is 17.3 Å². The molecule has 6 heteroatoms. The summed E-state index contributed by atoms with van der Waals surface area (Å²) in [6.45, 7) is 1.96. The maximum atomic E-state index is 11.4. The number of nitrogen functional groups attached to an aromatic ring is 1. The average Bonchev–Trinajstić information content (AvgIpc) is 2.44. The third-order valence-corrected chi connectivity index (χ3v) is 2.86. The van der Waals surface area contributed by atoms with E-state index >= 15 is 0 Å². The third-order valence-electron chi connectivity index (χ3n) is 2.86. The lowest BCUT2D eigenvalue weighted by molar-refractivity contribution is 0.414. The zero-order valence-electron chi connectivity index (χ0n) is 10.8. The molecule has 0 fully saturated rings. The molecule has 0 saturated heterocycles. The van der Waals surface area contributed by atoms with E-state index in [0.717, 1.165) is 11.3 Å². The van der Waals surface area contributed by atoms with Gasteiger partial charge in [-0.15, -0.1) is 0 Å². The van der Waals surface area contributed by atoms with Crippen molar-refractivity contribution in [3.63, 3.8) is 0 Å². The first-order valence-electron chi connectivity index (χ1n) is 5.85. The molecule has 19 heavy (non-hydrogen) atoms. The van der Waals surface area contributed by atoms with Crippen molar-refractivity contribution in [1.29, 1.82) is 0 Å². The van der Waals surface area contributed by atoms with Crippen LogP contribution in [0.2, 0.25) is 0 Å². The van der Waals surface area contributed by atoms with Crippen molar-refractivity contribution in [2.75, 3.05) is 18.2 Å². The molecule has 2 aromatic rings. The second-order valence-corrected chi connectivity index (χ2v) is 4.13. The summed E-state index contributed by atoms with van der Waals surface area (Å²) in [6.07, 6.45) is 1.32. The van der Waals surface area contributed by atoms with E-state index in [9.17, 15) is 4.79 Å². The summed E-state index contributed by atoms with van der Waals surface area (Å²) in [5, 5.41) is 3.11. The summed E-state index contributed by atoms with van der Waals surface area (Å²) in [7, 11) is 1.62. The van der Waals surface area contributed by atoms with Crippen LogP contribution >= 0.6 is 0 Å². The predicted octanol–water partition coefficient (Wildman–Crippen LogP) is 1.53. The van der Waals surface area contributed by atoms with Crippen LogP contribution in [-0.4, -0.2) is 17.1 Å². The minimum absolute atomic E-state index is 0.0255. The Morgan fingerprint density at radius 3 is 2.68 bits per heavy atom. The van der Waals surface area contributed by atoms with Gasteiger partial charge in [0.05, 0.1) is 19.5 Å². The molecule has 0 aliphatic rings. The quantitative estimate of drug-likeness (QED) is 0.775. The fourth-order valence-electron chi connectivity index (χ4n) is 1.71. The van der Waals surface area contributed by atoms with Gasteiger partial charge in [-0.05, 0) is 24.6 Å². The van der Waals surface area contributed by atoms with Crippen LogP contribution in [0.15, 0.2) is 35.4 Å². The highest BCUT2D eigenvalue weighted by molar-refractivity contribution is 5.59. The summed E-state index contributed by atoms with van der Waals surface area (Å²) in [5.41, 5.74) is 6.45. The number of anilines is 2. The van der Waals surface area contributed by atoms with Crippen molar-refractivity contribution in [1.82, 2.24) is 9.97 Å². The monoisotopic (exact) mass is 260 g/mol. The second kappa shape index (κ2) is 5.43. The Balaban J connectivity index is 2.18. The number of benzene rings is 1. The van der Waals surface area contributed by atoms with Crippen molar-refractivity contribution in [3.8, 4) is 5.75 Å². The molecule has 1 unspecified atom stereocenters. The van der Waals surface area contributed by atoms with Gasteiger partial charge < -0.3 is 20.8 Å². The van der Waals surface area contributed by atoms with Crippen molar-refractivity contribution < 1.29 is 4.74 Å². The lowest BCUT2D eigenvalue weighted by Crippen LogP contribution is -2.17. The molecule has 2 rings (SSSR count). The third kappa shape index (κ3) is 2.85. The number of nitrogens with zero attached hydrogens (tertiary/aromatic N) is 1. The highest BCUT2D eigenvalue weighted by atomic mass is 16.5. The molecular formula is C13H16N4O2. The van der Waals surface area contributed by atoms with Crippen molar-refractivity contribution >= 4 is 11.5 Å². The number of aromatic nitrogens is 2. The van der Waals surface area contributed by atoms with Gasteiger partial charge in [0.1, 0.15) is 11.4 Å². The number of aromatic amines is 1. The molecule has 0 aliphatic heterocycles. The summed E-state index contributed by atoms with van der Waals surface area (Å²) < 4.78 is 5.10. The fourth-order valence-corrected chi connectivity index (χ4v) is 1.71. The van der Waals surface area contributed by atoms with Crippen molar-refractivity contribution in [2.24, 2.45) is 0 Å². The van der Waals surface area contributed by atoms with Gasteiger partial charge >= 0.3 is 0 Å². The maximum absolute atomic E-state index is 11.4. The number of ether oxygens (including phenoxy) is 1. The average molecular weight is 260 g/mol. The van der Waals surface area contributed by atoms with Crippen LogP contribution in [-0.2, 0) is 0 Å². The van der Waals surface area contributed by atoms with Crippen LogP contribution in [0.5, 0.6) is 5.75 Å². The maximum Gasteiger partial charge on any atom is 0.276 e. The number of methoxy groups -OCH3 is 1. The first-order chi connectivity index (χ1) is 9.11. The fraction of sp³-hybridized carbons (Fsp3) is 0.231. The highest BCUT2D eigenvalue weighted by Gasteiger charge is 2.10. The Kier molecular flexibility index (Phi) is 3.70. The van der Waals surface area contributed by atoms with Gasteiger partial charge in [-0.25, -0.2) is 4.98 Å². The summed E-state index contributed by atoms with van der Waals surface area (Å²) >= 11 is 0. The van der Waals surface area contributed by atoms with E-state index in [1.165, 1.54) is 6.33 Å². The minimum atomic E-state index is -0.348. The molecule has 1 aromatic carbocycles. The Hall–Kier alpha value is -2.50. The molecule has 0 saturated carbocycles. The van der Waals surface area contributed by atoms with Crippen LogP contribution < -0.4 is 21.3 Å². The SMILES string of the molecule is COc1ccc(C(C)Nc2nc[nH]c(=O)c2N)cc1. The van der Waals surface area contributed by atoms with Gasteiger partial charge in [0, 0.05) is 0 Å². The van der Waals surface area contributed by atoms with Crippen molar-refractivity contribution in [3.05, 3.63) is 46.5 Å². The van der Waals surface area contributed by atoms with Crippen molar-refractivity contribution in [2.45, 2.75) is 13.0 Å². The molecule has 100 valence electrons. The summed E-state index contributed by atoms with van der Waals surface area (Å²) in [4.78, 5) is 17.8. The van der Waals surface area contributed by atoms with Gasteiger partial charge in [-0.3, -0.25) is 4.79 Å². The van der Waals surface area contributed by atoms with Gasteiger partial charge in [-0.2, -0.15) is 0 Å². The lowest BCUT2D eigenvalue weighted by Gasteiger charge is -2.16. The Bertz CT molecular complexity index is 607. The first-order valence-corrected chi connectivity index (χ1v) is 5.85. The molecule has 0 bridgehead atoms. The van der Waals surface area contributed by atoms with Gasteiger partial charge in [0.25, 0.3) is 5.56 Å². The van der Waals surface area contributed by atoms with Gasteiger partial charge in [-0.1, -0.05) is 12.1 Å². The van der Waals surface area contributed by atoms with Gasteiger partial charge in [0.15, 0.2) is 5.82 Å². The molecule has 0 aliphatic carbocycles. The summed E-state index contributed by atoms with van der Waals surface area (Å²) in [5.74, 6) is 1.18. The van der Waals surface area contributed by atoms with E-state index < -0.39 is 0 Å². The molecule has 1 atom stereocenters. The molecule has 4 N–H and O–H groups in total. The number of rotatable bonds is 4. The van der Waals surface area contributed by atoms with E-state index in [1.54, 1.807) is 7.11 Å². The predicted molar refractivity (Wildman–Crippen MR) is 74.3 cm³/mol. The smallest absolute Gasteiger partial charge is 0.276 e. The number of nitrogens with one attached hydrogen (secondary N) is 2. The largest absolute Gasteiger partial charge is 0.497 e. The van der Waals surface area contributed by atoms with Crippen LogP contribution in [0.25, 0.3) is 0 Å². The molecule has 0 spiro atoms. The highest BCUT2D eigenvalue weighted by Crippen LogP contribution is 2.21. The zero-order valence-corrected chi connectivity index (χ0v) is 10.8. The van der Waals surface area contributed by atoms with Crippen LogP contribution in [0, 0.1) is 0 Å². The molecule has 1 aromatic heterocycles. The molecule has 1 heterocycles. The topological polar surface area (TPSA) is 93.0 Å². The standard InChI is InChI=1S/C13H16N4O2/c1-8(9-3-5-10(19-2)6-4-9)17-12-11(14)13(18)16-7-15-12/h3-8H,14H2,1-2H3,(H2,15,16,17,18). The Labute approximate surface area is 110 Å². The number of nitrogens with two attached hydrogens (primary N) is 1. The van der Waals surface area contributed by atoms with Gasteiger partial charge in [0.2, 0.25) is 0 Å². The number of H-pyrrole nitrogens is 1. The first kappa shape index (κ1) is 12.9. The lowest BCUT2D eigenvalue weighted by atomic mass is 10.1. The normalized spacial score (nSPS) is 11.9. The van der Waals surface area contributed by atoms with E-state index in [2.05, 4.69) is 15.3 Å². The molecule has 0 amide bonds. The van der Waals surface area contributed by atoms with Crippen LogP contribution in [0.3, 0.4) is 0 Å². The van der Waals surface area contributed by atoms with E-state index in [1.807, 2.05) is 31.2 Å². The summed E-state index contributed by atoms with van der Waals surface area (Å²) in [6, 6.07) is 7.62. The number of hydrogen-bond donors (Lipinski definition) is 3. The molecule has 6 nitrogen and oxygen atoms in total. The van der Waals surface area contributed by atoms with Crippen LogP contribution in [0.1, 0.15) is 18.5 Å². The minimum Gasteiger partial charge on any atom is -0.497 e. The number of hydrogen-bond acceptors (Lipinski definition) is 5. The van der Waals surface area contributed by atoms with Crippen LogP contribution in [0.4, 0.5) is 11.5 Å².